The number of benzene rings is 3. The number of ether oxygens (including phenoxy) is 4. The van der Waals surface area contributed by atoms with Gasteiger partial charge in [-0.3, -0.25) is 9.59 Å². The molecule has 2 unspecified atom stereocenters. The predicted octanol–water partition coefficient (Wildman–Crippen LogP) is 6.01. The van der Waals surface area contributed by atoms with E-state index in [-0.39, 0.29) is 30.9 Å². The van der Waals surface area contributed by atoms with Crippen LogP contribution in [0.1, 0.15) is 48.4 Å². The first kappa shape index (κ1) is 28.9. The van der Waals surface area contributed by atoms with E-state index in [1.54, 1.807) is 26.4 Å². The predicted molar refractivity (Wildman–Crippen MR) is 161 cm³/mol. The van der Waals surface area contributed by atoms with E-state index in [0.29, 0.717) is 23.7 Å². The van der Waals surface area contributed by atoms with E-state index in [0.717, 1.165) is 47.2 Å². The number of carbonyl (C=O) groups excluding carboxylic acids is 2. The third-order valence-corrected chi connectivity index (χ3v) is 7.74. The van der Waals surface area contributed by atoms with Crippen molar-refractivity contribution in [2.45, 2.75) is 38.1 Å². The Balaban J connectivity index is 1.29. The fourth-order valence-corrected chi connectivity index (χ4v) is 5.75. The van der Waals surface area contributed by atoms with E-state index in [1.807, 2.05) is 48.5 Å². The number of hydrazone groups is 1. The van der Waals surface area contributed by atoms with Gasteiger partial charge in [-0.15, -0.1) is 0 Å². The maximum absolute atomic E-state index is 13.5. The molecule has 3 aromatic rings. The van der Waals surface area contributed by atoms with Gasteiger partial charge in [0.25, 0.3) is 5.91 Å². The van der Waals surface area contributed by atoms with E-state index < -0.39 is 5.97 Å². The van der Waals surface area contributed by atoms with Crippen molar-refractivity contribution in [1.29, 1.82) is 0 Å². The zero-order chi connectivity index (χ0) is 29.5. The summed E-state index contributed by atoms with van der Waals surface area (Å²) >= 11 is 0. The highest BCUT2D eigenvalue weighted by atomic mass is 16.5. The van der Waals surface area contributed by atoms with E-state index in [9.17, 15) is 9.59 Å². The summed E-state index contributed by atoms with van der Waals surface area (Å²) in [7, 11) is 4.63. The molecule has 1 fully saturated rings. The highest BCUT2D eigenvalue weighted by molar-refractivity contribution is 6.08. The minimum atomic E-state index is -0.470. The lowest BCUT2D eigenvalue weighted by molar-refractivity contribution is -0.153. The Hall–Kier alpha value is -4.59. The lowest BCUT2D eigenvalue weighted by Gasteiger charge is -2.29. The molecule has 0 saturated heterocycles. The van der Waals surface area contributed by atoms with Gasteiger partial charge in [-0.25, -0.2) is 5.01 Å². The Morgan fingerprint density at radius 3 is 2.24 bits per heavy atom. The first-order chi connectivity index (χ1) is 20.5. The molecule has 0 bridgehead atoms. The van der Waals surface area contributed by atoms with Gasteiger partial charge in [-0.2, -0.15) is 5.10 Å². The van der Waals surface area contributed by atoms with Crippen molar-refractivity contribution in [2.75, 3.05) is 27.9 Å². The number of esters is 1. The molecule has 1 aliphatic heterocycles. The molecule has 218 valence electrons. The number of nitrogens with zero attached hydrogens (tertiary/aromatic N) is 2. The molecule has 1 saturated carbocycles. The molecule has 42 heavy (non-hydrogen) atoms. The van der Waals surface area contributed by atoms with E-state index in [4.69, 9.17) is 24.0 Å². The van der Waals surface area contributed by atoms with Gasteiger partial charge in [-0.1, -0.05) is 60.7 Å². The number of hydrogen-bond donors (Lipinski definition) is 0. The van der Waals surface area contributed by atoms with Crippen molar-refractivity contribution >= 4 is 23.7 Å². The van der Waals surface area contributed by atoms with Crippen molar-refractivity contribution in [3.63, 3.8) is 0 Å². The van der Waals surface area contributed by atoms with Crippen LogP contribution in [0.15, 0.2) is 83.5 Å². The second-order valence-corrected chi connectivity index (χ2v) is 10.4. The Bertz CT molecular complexity index is 1440. The summed E-state index contributed by atoms with van der Waals surface area (Å²) in [6.45, 7) is -0.376. The van der Waals surface area contributed by atoms with Crippen LogP contribution >= 0.6 is 0 Å². The quantitative estimate of drug-likeness (QED) is 0.279. The van der Waals surface area contributed by atoms with Crippen LogP contribution in [-0.2, 0) is 20.7 Å². The van der Waals surface area contributed by atoms with Gasteiger partial charge in [0.15, 0.2) is 18.1 Å². The van der Waals surface area contributed by atoms with Gasteiger partial charge < -0.3 is 18.9 Å². The zero-order valence-corrected chi connectivity index (χ0v) is 24.2. The summed E-state index contributed by atoms with van der Waals surface area (Å²) in [6, 6.07) is 23.5. The monoisotopic (exact) mass is 568 g/mol. The van der Waals surface area contributed by atoms with Crippen LogP contribution in [-0.4, -0.2) is 50.5 Å². The van der Waals surface area contributed by atoms with Crippen molar-refractivity contribution in [2.24, 2.45) is 11.0 Å². The smallest absolute Gasteiger partial charge is 0.306 e. The Morgan fingerprint density at radius 1 is 0.929 bits per heavy atom. The molecular weight excluding hydrogens is 532 g/mol. The third-order valence-electron chi connectivity index (χ3n) is 7.74. The average Bonchev–Trinajstić information content (AvgIpc) is 3.43. The van der Waals surface area contributed by atoms with Crippen LogP contribution in [0.5, 0.6) is 17.2 Å². The van der Waals surface area contributed by atoms with Gasteiger partial charge in [0.05, 0.1) is 33.1 Å². The van der Waals surface area contributed by atoms with Gasteiger partial charge >= 0.3 is 5.97 Å². The van der Waals surface area contributed by atoms with Crippen LogP contribution < -0.4 is 14.2 Å². The van der Waals surface area contributed by atoms with Gasteiger partial charge in [0, 0.05) is 12.3 Å². The maximum Gasteiger partial charge on any atom is 0.306 e. The lowest BCUT2D eigenvalue weighted by Crippen LogP contribution is -2.34. The summed E-state index contributed by atoms with van der Waals surface area (Å²) in [5.74, 6) is 0.777. The Labute approximate surface area is 246 Å². The molecule has 1 heterocycles. The van der Waals surface area contributed by atoms with E-state index >= 15 is 0 Å². The molecule has 2 atom stereocenters. The lowest BCUT2D eigenvalue weighted by atomic mass is 9.77. The number of allylic oxidation sites excluding steroid dienone is 1. The molecule has 2 aliphatic rings. The summed E-state index contributed by atoms with van der Waals surface area (Å²) in [5.41, 5.74) is 5.05. The molecule has 3 aromatic carbocycles. The molecule has 0 aromatic heterocycles. The fourth-order valence-electron chi connectivity index (χ4n) is 5.75. The first-order valence-electron chi connectivity index (χ1n) is 14.2. The van der Waals surface area contributed by atoms with Crippen LogP contribution in [0.2, 0.25) is 0 Å². The Kier molecular flexibility index (Phi) is 9.21. The normalized spacial score (nSPS) is 18.7. The molecule has 8 nitrogen and oxygen atoms in total. The SMILES string of the molecule is COc1cc(CCC(=O)OCC(=O)N2N=C3C(=Cc4ccccc4)CCCC3C2c2ccccc2)cc(OC)c1OC. The number of fused-ring (bicyclic) bond motifs is 1. The maximum atomic E-state index is 13.5. The van der Waals surface area contributed by atoms with Crippen LogP contribution in [0.3, 0.4) is 0 Å². The number of methoxy groups -OCH3 is 3. The summed E-state index contributed by atoms with van der Waals surface area (Å²) in [5, 5.41) is 6.41. The highest BCUT2D eigenvalue weighted by Crippen LogP contribution is 2.44. The number of carbonyl (C=O) groups is 2. The number of aryl methyl sites for hydroxylation is 1. The van der Waals surface area contributed by atoms with Crippen LogP contribution in [0.25, 0.3) is 6.08 Å². The van der Waals surface area contributed by atoms with Gasteiger partial charge in [0.1, 0.15) is 0 Å². The summed E-state index contributed by atoms with van der Waals surface area (Å²) in [6.07, 6.45) is 5.51. The molecular formula is C34H36N2O6. The van der Waals surface area contributed by atoms with Crippen LogP contribution in [0.4, 0.5) is 0 Å². The molecule has 8 heteroatoms. The van der Waals surface area contributed by atoms with Crippen molar-refractivity contribution in [3.8, 4) is 17.2 Å². The second kappa shape index (κ2) is 13.4. The number of hydrogen-bond acceptors (Lipinski definition) is 7. The molecule has 0 radical (unpaired) electrons. The molecule has 5 rings (SSSR count). The third kappa shape index (κ3) is 6.33. The zero-order valence-electron chi connectivity index (χ0n) is 24.2. The highest BCUT2D eigenvalue weighted by Gasteiger charge is 2.43. The number of rotatable bonds is 10. The van der Waals surface area contributed by atoms with Gasteiger partial charge in [0.2, 0.25) is 5.75 Å². The van der Waals surface area contributed by atoms with Crippen molar-refractivity contribution < 1.29 is 28.5 Å². The van der Waals surface area contributed by atoms with E-state index in [1.165, 1.54) is 12.1 Å². The van der Waals surface area contributed by atoms with Crippen LogP contribution in [0, 0.1) is 5.92 Å². The minimum absolute atomic E-state index is 0.0794. The summed E-state index contributed by atoms with van der Waals surface area (Å²) < 4.78 is 21.6. The molecule has 1 amide bonds. The second-order valence-electron chi connectivity index (χ2n) is 10.4. The summed E-state index contributed by atoms with van der Waals surface area (Å²) in [4.78, 5) is 26.2. The number of amides is 1. The minimum Gasteiger partial charge on any atom is -0.493 e. The molecule has 1 aliphatic carbocycles. The molecule has 0 spiro atoms. The molecule has 0 N–H and O–H groups in total. The van der Waals surface area contributed by atoms with E-state index in [2.05, 4.69) is 18.2 Å². The van der Waals surface area contributed by atoms with Gasteiger partial charge in [-0.05, 0) is 66.2 Å². The largest absolute Gasteiger partial charge is 0.493 e. The van der Waals surface area contributed by atoms with Crippen molar-refractivity contribution in [3.05, 3.63) is 95.1 Å². The van der Waals surface area contributed by atoms with Crippen molar-refractivity contribution in [1.82, 2.24) is 5.01 Å². The first-order valence-corrected chi connectivity index (χ1v) is 14.2. The fraction of sp³-hybridized carbons (Fsp3) is 0.324. The average molecular weight is 569 g/mol. The standard InChI is InChI=1S/C34H36N2O6/c1-39-28-20-24(21-29(40-2)34(28)41-3)17-18-31(38)42-22-30(37)36-33(25-13-8-5-9-14-25)27-16-10-15-26(32(27)35-36)19-23-11-6-4-7-12-23/h4-9,11-14,19-21,27,33H,10,15-18,22H2,1-3H3. The Morgan fingerprint density at radius 2 is 1.60 bits per heavy atom. The topological polar surface area (TPSA) is 86.7 Å².